The molecule has 1 amide bonds. The number of likely N-dealkylation sites (tertiary alicyclic amines) is 1. The molecule has 0 saturated carbocycles. The van der Waals surface area contributed by atoms with Gasteiger partial charge in [0.1, 0.15) is 0 Å². The fraction of sp³-hybridized carbons (Fsp3) is 0.615. The van der Waals surface area contributed by atoms with Crippen LogP contribution in [0.1, 0.15) is 37.1 Å². The molecule has 0 unspecified atom stereocenters. The van der Waals surface area contributed by atoms with Crippen LogP contribution in [0.15, 0.2) is 17.5 Å². The molecule has 1 saturated heterocycles. The van der Waals surface area contributed by atoms with Gasteiger partial charge in [-0.3, -0.25) is 9.69 Å². The van der Waals surface area contributed by atoms with Gasteiger partial charge >= 0.3 is 0 Å². The summed E-state index contributed by atoms with van der Waals surface area (Å²) in [7, 11) is 0. The minimum Gasteiger partial charge on any atom is -0.354 e. The molecule has 0 aromatic carbocycles. The average molecular weight is 252 g/mol. The fourth-order valence-corrected chi connectivity index (χ4v) is 3.14. The van der Waals surface area contributed by atoms with Crippen molar-refractivity contribution >= 4 is 17.2 Å². The van der Waals surface area contributed by atoms with E-state index in [1.165, 1.54) is 17.7 Å². The first-order valence-electron chi connectivity index (χ1n) is 6.35. The van der Waals surface area contributed by atoms with Crippen LogP contribution in [0.25, 0.3) is 0 Å². The van der Waals surface area contributed by atoms with E-state index in [-0.39, 0.29) is 5.91 Å². The maximum Gasteiger partial charge on any atom is 0.219 e. The lowest BCUT2D eigenvalue weighted by Crippen LogP contribution is -2.36. The van der Waals surface area contributed by atoms with Crippen molar-refractivity contribution in [2.75, 3.05) is 19.6 Å². The highest BCUT2D eigenvalue weighted by molar-refractivity contribution is 7.10. The summed E-state index contributed by atoms with van der Waals surface area (Å²) < 4.78 is 0. The molecule has 2 rings (SSSR count). The molecule has 1 fully saturated rings. The fourth-order valence-electron chi connectivity index (χ4n) is 2.28. The standard InChI is InChI=1S/C13H20N2OS/c1-2-13(16)14-10-11(12-6-5-9-17-12)15-7-3-4-8-15/h5-6,9,11H,2-4,7-8,10H2,1H3,(H,14,16)/t11-/m1/s1. The number of thiophene rings is 1. The second-order valence-electron chi connectivity index (χ2n) is 4.43. The molecule has 1 aliphatic heterocycles. The molecule has 1 aliphatic rings. The highest BCUT2D eigenvalue weighted by Gasteiger charge is 2.24. The van der Waals surface area contributed by atoms with Crippen LogP contribution in [0, 0.1) is 0 Å². The molecule has 1 aromatic heterocycles. The number of carbonyl (C=O) groups excluding carboxylic acids is 1. The van der Waals surface area contributed by atoms with E-state index >= 15 is 0 Å². The minimum absolute atomic E-state index is 0.144. The first kappa shape index (κ1) is 12.6. The molecular formula is C13H20N2OS. The van der Waals surface area contributed by atoms with Gasteiger partial charge in [-0.15, -0.1) is 11.3 Å². The van der Waals surface area contributed by atoms with Crippen molar-refractivity contribution in [1.29, 1.82) is 0 Å². The third-order valence-electron chi connectivity index (χ3n) is 3.27. The smallest absolute Gasteiger partial charge is 0.219 e. The van der Waals surface area contributed by atoms with Crippen LogP contribution in [-0.4, -0.2) is 30.4 Å². The van der Waals surface area contributed by atoms with Crippen molar-refractivity contribution in [2.45, 2.75) is 32.2 Å². The van der Waals surface area contributed by atoms with Crippen LogP contribution < -0.4 is 5.32 Å². The zero-order valence-electron chi connectivity index (χ0n) is 10.3. The van der Waals surface area contributed by atoms with Crippen molar-refractivity contribution in [2.24, 2.45) is 0 Å². The van der Waals surface area contributed by atoms with E-state index in [4.69, 9.17) is 0 Å². The van der Waals surface area contributed by atoms with Gasteiger partial charge in [-0.1, -0.05) is 13.0 Å². The van der Waals surface area contributed by atoms with Crippen LogP contribution in [0.2, 0.25) is 0 Å². The van der Waals surface area contributed by atoms with Gasteiger partial charge in [-0.25, -0.2) is 0 Å². The molecule has 4 heteroatoms. The minimum atomic E-state index is 0.144. The number of nitrogens with zero attached hydrogens (tertiary/aromatic N) is 1. The molecule has 1 aromatic rings. The van der Waals surface area contributed by atoms with E-state index in [0.717, 1.165) is 19.6 Å². The average Bonchev–Trinajstić information content (AvgIpc) is 3.01. The second-order valence-corrected chi connectivity index (χ2v) is 5.41. The largest absolute Gasteiger partial charge is 0.354 e. The number of hydrogen-bond donors (Lipinski definition) is 1. The lowest BCUT2D eigenvalue weighted by atomic mass is 10.2. The Labute approximate surface area is 107 Å². The summed E-state index contributed by atoms with van der Waals surface area (Å²) in [5.41, 5.74) is 0. The molecule has 1 atom stereocenters. The molecule has 17 heavy (non-hydrogen) atoms. The Morgan fingerprint density at radius 1 is 1.53 bits per heavy atom. The number of hydrogen-bond acceptors (Lipinski definition) is 3. The summed E-state index contributed by atoms with van der Waals surface area (Å²) in [6.45, 7) is 4.95. The Hall–Kier alpha value is -0.870. The van der Waals surface area contributed by atoms with Crippen molar-refractivity contribution < 1.29 is 4.79 Å². The van der Waals surface area contributed by atoms with Gasteiger partial charge in [0.25, 0.3) is 0 Å². The Morgan fingerprint density at radius 3 is 2.88 bits per heavy atom. The van der Waals surface area contributed by atoms with Crippen LogP contribution in [0.5, 0.6) is 0 Å². The van der Waals surface area contributed by atoms with E-state index in [0.29, 0.717) is 12.5 Å². The Balaban J connectivity index is 1.99. The van der Waals surface area contributed by atoms with E-state index in [1.807, 2.05) is 6.92 Å². The predicted molar refractivity (Wildman–Crippen MR) is 71.2 cm³/mol. The lowest BCUT2D eigenvalue weighted by Gasteiger charge is -2.26. The summed E-state index contributed by atoms with van der Waals surface area (Å²) in [6.07, 6.45) is 3.13. The highest BCUT2D eigenvalue weighted by atomic mass is 32.1. The van der Waals surface area contributed by atoms with E-state index in [9.17, 15) is 4.79 Å². The van der Waals surface area contributed by atoms with Crippen LogP contribution in [-0.2, 0) is 4.79 Å². The lowest BCUT2D eigenvalue weighted by molar-refractivity contribution is -0.121. The second kappa shape index (κ2) is 6.17. The molecule has 0 spiro atoms. The van der Waals surface area contributed by atoms with Crippen molar-refractivity contribution in [3.63, 3.8) is 0 Å². The predicted octanol–water partition coefficient (Wildman–Crippen LogP) is 2.41. The van der Waals surface area contributed by atoms with Gasteiger partial charge in [0.15, 0.2) is 0 Å². The van der Waals surface area contributed by atoms with Gasteiger partial charge in [-0.2, -0.15) is 0 Å². The molecule has 2 heterocycles. The van der Waals surface area contributed by atoms with Crippen LogP contribution in [0.4, 0.5) is 0 Å². The SMILES string of the molecule is CCC(=O)NC[C@H](c1cccs1)N1CCCC1. The summed E-state index contributed by atoms with van der Waals surface area (Å²) in [5, 5.41) is 5.13. The van der Waals surface area contributed by atoms with E-state index in [1.54, 1.807) is 11.3 Å². The number of rotatable bonds is 5. The Morgan fingerprint density at radius 2 is 2.29 bits per heavy atom. The van der Waals surface area contributed by atoms with Gasteiger partial charge in [-0.05, 0) is 37.4 Å². The van der Waals surface area contributed by atoms with E-state index < -0.39 is 0 Å². The first-order valence-corrected chi connectivity index (χ1v) is 7.23. The molecule has 0 aliphatic carbocycles. The van der Waals surface area contributed by atoms with Crippen molar-refractivity contribution in [3.8, 4) is 0 Å². The van der Waals surface area contributed by atoms with Crippen molar-refractivity contribution in [1.82, 2.24) is 10.2 Å². The summed E-state index contributed by atoms with van der Waals surface area (Å²) >= 11 is 1.78. The van der Waals surface area contributed by atoms with E-state index in [2.05, 4.69) is 27.7 Å². The van der Waals surface area contributed by atoms with Gasteiger partial charge in [0, 0.05) is 17.8 Å². The van der Waals surface area contributed by atoms with Gasteiger partial charge < -0.3 is 5.32 Å². The third kappa shape index (κ3) is 3.30. The maximum absolute atomic E-state index is 11.4. The zero-order chi connectivity index (χ0) is 12.1. The summed E-state index contributed by atoms with van der Waals surface area (Å²) in [4.78, 5) is 15.2. The molecule has 0 bridgehead atoms. The summed E-state index contributed by atoms with van der Waals surface area (Å²) in [6, 6.07) is 4.63. The monoisotopic (exact) mass is 252 g/mol. The molecule has 94 valence electrons. The normalized spacial score (nSPS) is 18.2. The quantitative estimate of drug-likeness (QED) is 0.873. The topological polar surface area (TPSA) is 32.3 Å². The Kier molecular flexibility index (Phi) is 4.57. The summed E-state index contributed by atoms with van der Waals surface area (Å²) in [5.74, 6) is 0.144. The molecular weight excluding hydrogens is 232 g/mol. The molecule has 1 N–H and O–H groups in total. The van der Waals surface area contributed by atoms with Crippen LogP contribution >= 0.6 is 11.3 Å². The third-order valence-corrected chi connectivity index (χ3v) is 4.24. The zero-order valence-corrected chi connectivity index (χ0v) is 11.1. The van der Waals surface area contributed by atoms with Gasteiger partial charge in [0.2, 0.25) is 5.91 Å². The highest BCUT2D eigenvalue weighted by Crippen LogP contribution is 2.27. The van der Waals surface area contributed by atoms with Crippen molar-refractivity contribution in [3.05, 3.63) is 22.4 Å². The van der Waals surface area contributed by atoms with Gasteiger partial charge in [0.05, 0.1) is 6.04 Å². The number of amides is 1. The first-order chi connectivity index (χ1) is 8.31. The maximum atomic E-state index is 11.4. The van der Waals surface area contributed by atoms with Crippen LogP contribution in [0.3, 0.4) is 0 Å². The molecule has 3 nitrogen and oxygen atoms in total. The number of nitrogens with one attached hydrogen (secondary N) is 1. The Bertz CT molecular complexity index is 344. The number of carbonyl (C=O) groups is 1. The molecule has 0 radical (unpaired) electrons.